The van der Waals surface area contributed by atoms with Gasteiger partial charge < -0.3 is 0 Å². The van der Waals surface area contributed by atoms with Gasteiger partial charge in [-0.25, -0.2) is 16.8 Å². The first-order valence-electron chi connectivity index (χ1n) is 7.22. The molecule has 0 fully saturated rings. The van der Waals surface area contributed by atoms with Crippen molar-refractivity contribution < 1.29 is 16.8 Å². The Balaban J connectivity index is 2.67. The van der Waals surface area contributed by atoms with Crippen molar-refractivity contribution in [2.24, 2.45) is 0 Å². The molecular weight excluding hydrogens is 308 g/mol. The Kier molecular flexibility index (Phi) is 6.87. The topological polar surface area (TPSA) is 68.3 Å². The lowest BCUT2D eigenvalue weighted by Gasteiger charge is -2.06. The number of rotatable bonds is 9. The second kappa shape index (κ2) is 7.94. The normalized spacial score (nSPS) is 12.5. The fraction of sp³-hybridized carbons (Fsp3) is 0.600. The highest BCUT2D eigenvalue weighted by Gasteiger charge is 2.17. The third-order valence-electron chi connectivity index (χ3n) is 3.27. The van der Waals surface area contributed by atoms with E-state index >= 15 is 0 Å². The second-order valence-electron chi connectivity index (χ2n) is 5.25. The maximum absolute atomic E-state index is 12.2. The second-order valence-corrected chi connectivity index (χ2v) is 9.34. The SMILES string of the molecule is CCCCCCCCS(=O)(=O)c1cc[c]c(S(C)(=O)=O)c1. The van der Waals surface area contributed by atoms with Gasteiger partial charge in [0, 0.05) is 12.3 Å². The van der Waals surface area contributed by atoms with E-state index < -0.39 is 19.7 Å². The summed E-state index contributed by atoms with van der Waals surface area (Å²) >= 11 is 0. The van der Waals surface area contributed by atoms with Gasteiger partial charge in [0.25, 0.3) is 0 Å². The smallest absolute Gasteiger partial charge is 0.178 e. The highest BCUT2D eigenvalue weighted by atomic mass is 32.2. The molecule has 119 valence electrons. The van der Waals surface area contributed by atoms with Crippen LogP contribution in [-0.4, -0.2) is 28.8 Å². The van der Waals surface area contributed by atoms with E-state index in [1.807, 2.05) is 0 Å². The van der Waals surface area contributed by atoms with Gasteiger partial charge in [0.2, 0.25) is 0 Å². The van der Waals surface area contributed by atoms with Crippen molar-refractivity contribution in [3.8, 4) is 0 Å². The Bertz CT molecular complexity index is 646. The minimum absolute atomic E-state index is 0.0618. The molecule has 0 N–H and O–H groups in total. The summed E-state index contributed by atoms with van der Waals surface area (Å²) in [5, 5.41) is 0. The molecule has 4 nitrogen and oxygen atoms in total. The summed E-state index contributed by atoms with van der Waals surface area (Å²) in [6, 6.07) is 6.51. The molecule has 0 saturated heterocycles. The van der Waals surface area contributed by atoms with Crippen molar-refractivity contribution in [3.63, 3.8) is 0 Å². The molecule has 1 aromatic carbocycles. The van der Waals surface area contributed by atoms with E-state index in [0.717, 1.165) is 31.9 Å². The summed E-state index contributed by atoms with van der Waals surface area (Å²) in [6.07, 6.45) is 7.06. The number of benzene rings is 1. The van der Waals surface area contributed by atoms with E-state index in [2.05, 4.69) is 13.0 Å². The first-order chi connectivity index (χ1) is 9.77. The lowest BCUT2D eigenvalue weighted by atomic mass is 10.1. The van der Waals surface area contributed by atoms with Gasteiger partial charge in [-0.15, -0.1) is 0 Å². The number of sulfone groups is 2. The maximum Gasteiger partial charge on any atom is 0.178 e. The van der Waals surface area contributed by atoms with Gasteiger partial charge in [0.15, 0.2) is 19.7 Å². The van der Waals surface area contributed by atoms with Crippen LogP contribution in [-0.2, 0) is 19.7 Å². The molecule has 0 aliphatic heterocycles. The van der Waals surface area contributed by atoms with Crippen molar-refractivity contribution >= 4 is 19.7 Å². The van der Waals surface area contributed by atoms with Gasteiger partial charge in [0.05, 0.1) is 15.5 Å². The number of unbranched alkanes of at least 4 members (excludes halogenated alkanes) is 5. The van der Waals surface area contributed by atoms with E-state index in [1.54, 1.807) is 0 Å². The zero-order chi connectivity index (χ0) is 15.9. The fourth-order valence-electron chi connectivity index (χ4n) is 2.02. The summed E-state index contributed by atoms with van der Waals surface area (Å²) < 4.78 is 47.3. The van der Waals surface area contributed by atoms with E-state index in [-0.39, 0.29) is 15.5 Å². The van der Waals surface area contributed by atoms with Gasteiger partial charge >= 0.3 is 0 Å². The van der Waals surface area contributed by atoms with Gasteiger partial charge in [0.1, 0.15) is 0 Å². The van der Waals surface area contributed by atoms with Crippen LogP contribution in [0.25, 0.3) is 0 Å². The van der Waals surface area contributed by atoms with E-state index in [4.69, 9.17) is 0 Å². The van der Waals surface area contributed by atoms with Crippen LogP contribution in [0.1, 0.15) is 45.4 Å². The standard InChI is InChI=1S/C15H23O4S2/c1-3-4-5-6-7-8-12-21(18,19)15-11-9-10-14(13-15)20(2,16)17/h9,11,13H,3-8,12H2,1-2H3. The van der Waals surface area contributed by atoms with E-state index in [0.29, 0.717) is 6.42 Å². The van der Waals surface area contributed by atoms with Crippen molar-refractivity contribution in [2.75, 3.05) is 12.0 Å². The van der Waals surface area contributed by atoms with Crippen LogP contribution in [0.4, 0.5) is 0 Å². The number of hydrogen-bond acceptors (Lipinski definition) is 4. The molecular formula is C15H23O4S2. The molecule has 0 bridgehead atoms. The van der Waals surface area contributed by atoms with Crippen LogP contribution in [0, 0.1) is 6.07 Å². The summed E-state index contributed by atoms with van der Waals surface area (Å²) in [7, 11) is -6.86. The van der Waals surface area contributed by atoms with Crippen LogP contribution in [0.3, 0.4) is 0 Å². The lowest BCUT2D eigenvalue weighted by Crippen LogP contribution is -2.08. The van der Waals surface area contributed by atoms with E-state index in [1.165, 1.54) is 24.6 Å². The molecule has 0 atom stereocenters. The Morgan fingerprint density at radius 3 is 2.24 bits per heavy atom. The summed E-state index contributed by atoms with van der Waals surface area (Å²) in [5.74, 6) is 0.0618. The molecule has 0 saturated carbocycles. The molecule has 0 heterocycles. The molecule has 0 unspecified atom stereocenters. The highest BCUT2D eigenvalue weighted by Crippen LogP contribution is 2.18. The monoisotopic (exact) mass is 331 g/mol. The molecule has 0 aromatic heterocycles. The van der Waals surface area contributed by atoms with Gasteiger partial charge in [-0.05, 0) is 18.6 Å². The summed E-state index contributed by atoms with van der Waals surface area (Å²) in [4.78, 5) is -0.0123. The predicted molar refractivity (Wildman–Crippen MR) is 83.8 cm³/mol. The van der Waals surface area contributed by atoms with Crippen LogP contribution in [0.2, 0.25) is 0 Å². The summed E-state index contributed by atoms with van der Waals surface area (Å²) in [5.41, 5.74) is 0. The molecule has 21 heavy (non-hydrogen) atoms. The van der Waals surface area contributed by atoms with Crippen molar-refractivity contribution in [1.82, 2.24) is 0 Å². The largest absolute Gasteiger partial charge is 0.224 e. The quantitative estimate of drug-likeness (QED) is 0.652. The Labute approximate surface area is 128 Å². The first-order valence-corrected chi connectivity index (χ1v) is 10.8. The molecule has 6 heteroatoms. The van der Waals surface area contributed by atoms with Crippen LogP contribution in [0.15, 0.2) is 28.0 Å². The Morgan fingerprint density at radius 1 is 1.00 bits per heavy atom. The third-order valence-corrected chi connectivity index (χ3v) is 6.10. The van der Waals surface area contributed by atoms with Crippen LogP contribution in [0.5, 0.6) is 0 Å². The zero-order valence-electron chi connectivity index (χ0n) is 12.6. The fourth-order valence-corrected chi connectivity index (χ4v) is 4.11. The molecule has 0 amide bonds. The van der Waals surface area contributed by atoms with Crippen molar-refractivity contribution in [3.05, 3.63) is 24.3 Å². The van der Waals surface area contributed by atoms with E-state index in [9.17, 15) is 16.8 Å². The van der Waals surface area contributed by atoms with Crippen molar-refractivity contribution in [1.29, 1.82) is 0 Å². The third kappa shape index (κ3) is 6.18. The zero-order valence-corrected chi connectivity index (χ0v) is 14.3. The van der Waals surface area contributed by atoms with Crippen molar-refractivity contribution in [2.45, 2.75) is 55.2 Å². The average molecular weight is 331 g/mol. The predicted octanol–water partition coefficient (Wildman–Crippen LogP) is 3.02. The Hall–Kier alpha value is -0.880. The molecule has 0 aliphatic rings. The van der Waals surface area contributed by atoms with Gasteiger partial charge in [-0.3, -0.25) is 0 Å². The van der Waals surface area contributed by atoms with Crippen LogP contribution < -0.4 is 0 Å². The minimum atomic E-state index is -3.44. The van der Waals surface area contributed by atoms with Crippen LogP contribution >= 0.6 is 0 Å². The highest BCUT2D eigenvalue weighted by molar-refractivity contribution is 7.92. The van der Waals surface area contributed by atoms with Gasteiger partial charge in [-0.2, -0.15) is 0 Å². The molecule has 0 aliphatic carbocycles. The Morgan fingerprint density at radius 2 is 1.62 bits per heavy atom. The lowest BCUT2D eigenvalue weighted by molar-refractivity contribution is 0.583. The minimum Gasteiger partial charge on any atom is -0.224 e. The summed E-state index contributed by atoms with van der Waals surface area (Å²) in [6.45, 7) is 2.14. The van der Waals surface area contributed by atoms with Gasteiger partial charge in [-0.1, -0.05) is 45.1 Å². The number of hydrogen-bond donors (Lipinski definition) is 0. The maximum atomic E-state index is 12.2. The first kappa shape index (κ1) is 18.2. The molecule has 1 aromatic rings. The molecule has 1 rings (SSSR count). The molecule has 0 spiro atoms. The molecule has 1 radical (unpaired) electrons. The average Bonchev–Trinajstić information content (AvgIpc) is 2.42.